The average Bonchev–Trinajstić information content (AvgIpc) is 3.43. The van der Waals surface area contributed by atoms with Crippen LogP contribution in [0.25, 0.3) is 5.69 Å². The maximum Gasteiger partial charge on any atom is 1.00 e. The molecule has 0 aliphatic rings. The molecule has 54 heavy (non-hydrogen) atoms. The quantitative estimate of drug-likeness (QED) is 0.0303. The number of carbonyl (C=O) groups excluding carboxylic acids is 1. The number of nitrogens with zero attached hydrogens (tertiary/aromatic N) is 3. The predicted molar refractivity (Wildman–Crippen MR) is 202 cm³/mol. The molecule has 4 rings (SSSR count). The number of phenols is 1. The fourth-order valence-electron chi connectivity index (χ4n) is 5.81. The summed E-state index contributed by atoms with van der Waals surface area (Å²) in [7, 11) is -10.00. The smallest absolute Gasteiger partial charge is 0.506 e. The molecule has 3 aromatic carbocycles. The van der Waals surface area contributed by atoms with E-state index in [0.717, 1.165) is 29.5 Å². The summed E-state index contributed by atoms with van der Waals surface area (Å²) < 4.78 is 67.1. The van der Waals surface area contributed by atoms with E-state index in [-0.39, 0.29) is 68.6 Å². The van der Waals surface area contributed by atoms with Crippen molar-refractivity contribution in [3.8, 4) is 11.4 Å². The van der Waals surface area contributed by atoms with Gasteiger partial charge in [0.2, 0.25) is 0 Å². The maximum atomic E-state index is 13.5. The number of aromatic nitrogens is 2. The number of para-hydroxylation sites is 1. The molecule has 0 aliphatic carbocycles. The molecule has 14 nitrogen and oxygen atoms in total. The summed E-state index contributed by atoms with van der Waals surface area (Å²) in [5.41, 5.74) is -0.418. The second kappa shape index (κ2) is 21.9. The zero-order valence-electron chi connectivity index (χ0n) is 30.7. The van der Waals surface area contributed by atoms with Crippen LogP contribution in [0.5, 0.6) is 5.75 Å². The first-order valence-corrected chi connectivity index (χ1v) is 20.7. The molecule has 0 radical (unpaired) electrons. The van der Waals surface area contributed by atoms with Crippen LogP contribution in [0.1, 0.15) is 106 Å². The van der Waals surface area contributed by atoms with Crippen molar-refractivity contribution in [2.24, 2.45) is 10.2 Å². The van der Waals surface area contributed by atoms with Crippen molar-refractivity contribution in [3.05, 3.63) is 88.2 Å². The van der Waals surface area contributed by atoms with E-state index in [1.165, 1.54) is 70.6 Å². The number of aryl methyl sites for hydroxylation is 1. The molecule has 0 bridgehead atoms. The Morgan fingerprint density at radius 3 is 1.80 bits per heavy atom. The fourth-order valence-corrected chi connectivity index (χ4v) is 6.99. The number of azo groups is 1. The standard InChI is InChI=1S/C37H47N5O9S2.K/c1-2-3-4-5-6-7-8-9-10-11-12-13-15-18-27-21-22-32(33(43)23-27)39-40-34-35(41-42(37(34)45)29-19-16-14-17-20-29)38-36(44)28-24-30(52(46,47)48)26-31(25-28)53(49,50)51;/h14,16-17,19-26,41,43H,2-13,15,18H2,1H3,(H,38,44)(H,46,47,48)(H,49,50,51);/q;+1. The minimum atomic E-state index is -5.00. The van der Waals surface area contributed by atoms with Gasteiger partial charge in [0, 0.05) is 5.56 Å². The molecule has 1 amide bonds. The largest absolute Gasteiger partial charge is 1.00 e. The Balaban J connectivity index is 0.00000784. The SMILES string of the molecule is CCCCCCCCCCCCCCCc1ccc(N=Nc2c(NC(=O)c3cc(S(=O)(=O)O)cc(S(=O)(=O)O)c3)[nH]n(-c3ccccc3)c2=O)c(O)c1.[K+]. The van der Waals surface area contributed by atoms with Crippen molar-refractivity contribution in [2.75, 3.05) is 5.32 Å². The molecular formula is C37H47KN5O9S2+. The molecule has 1 heterocycles. The molecule has 17 heteroatoms. The molecule has 0 fully saturated rings. The average molecular weight is 809 g/mol. The number of aromatic amines is 1. The van der Waals surface area contributed by atoms with Crippen LogP contribution in [0, 0.1) is 0 Å². The first-order chi connectivity index (χ1) is 25.3. The van der Waals surface area contributed by atoms with Crippen LogP contribution in [-0.2, 0) is 26.7 Å². The molecule has 0 saturated heterocycles. The van der Waals surface area contributed by atoms with E-state index in [2.05, 4.69) is 27.6 Å². The monoisotopic (exact) mass is 808 g/mol. The number of unbranched alkanes of at least 4 members (excludes halogenated alkanes) is 12. The number of rotatable bonds is 21. The number of nitrogens with one attached hydrogen (secondary N) is 2. The Morgan fingerprint density at radius 2 is 1.28 bits per heavy atom. The van der Waals surface area contributed by atoms with Crippen LogP contribution in [0.3, 0.4) is 0 Å². The van der Waals surface area contributed by atoms with Gasteiger partial charge >= 0.3 is 56.9 Å². The first-order valence-electron chi connectivity index (χ1n) is 17.8. The van der Waals surface area contributed by atoms with Gasteiger partial charge in [-0.25, -0.2) is 4.68 Å². The second-order valence-electron chi connectivity index (χ2n) is 12.9. The van der Waals surface area contributed by atoms with Crippen molar-refractivity contribution in [1.29, 1.82) is 0 Å². The molecule has 0 unspecified atom stereocenters. The van der Waals surface area contributed by atoms with Gasteiger partial charge in [0.05, 0.1) is 15.5 Å². The fraction of sp³-hybridized carbons (Fsp3) is 0.405. The maximum absolute atomic E-state index is 13.5. The summed E-state index contributed by atoms with van der Waals surface area (Å²) in [5.74, 6) is -1.60. The van der Waals surface area contributed by atoms with E-state index in [1.807, 2.05) is 6.07 Å². The Kier molecular flexibility index (Phi) is 18.4. The number of benzene rings is 3. The molecule has 4 aromatic rings. The number of amides is 1. The van der Waals surface area contributed by atoms with E-state index < -0.39 is 52.7 Å². The normalized spacial score (nSPS) is 11.8. The second-order valence-corrected chi connectivity index (χ2v) is 15.8. The number of carbonyl (C=O) groups is 1. The van der Waals surface area contributed by atoms with E-state index >= 15 is 0 Å². The van der Waals surface area contributed by atoms with Crippen molar-refractivity contribution >= 4 is 43.3 Å². The zero-order chi connectivity index (χ0) is 38.4. The first kappa shape index (κ1) is 45.4. The Labute approximate surface area is 358 Å². The Morgan fingerprint density at radius 1 is 0.741 bits per heavy atom. The number of phenolic OH excluding ortho intramolecular Hbond substituents is 1. The summed E-state index contributed by atoms with van der Waals surface area (Å²) in [4.78, 5) is 24.8. The zero-order valence-corrected chi connectivity index (χ0v) is 35.5. The van der Waals surface area contributed by atoms with Crippen LogP contribution in [0.4, 0.5) is 17.2 Å². The molecule has 0 saturated carbocycles. The topological polar surface area (TPSA) is 221 Å². The summed E-state index contributed by atoms with van der Waals surface area (Å²) in [6, 6.07) is 15.1. The summed E-state index contributed by atoms with van der Waals surface area (Å²) >= 11 is 0. The van der Waals surface area contributed by atoms with Gasteiger partial charge in [-0.2, -0.15) is 16.8 Å². The van der Waals surface area contributed by atoms with Crippen LogP contribution in [0.2, 0.25) is 0 Å². The predicted octanol–water partition coefficient (Wildman–Crippen LogP) is 5.67. The molecule has 5 N–H and O–H groups in total. The van der Waals surface area contributed by atoms with Crippen LogP contribution in [0.15, 0.2) is 91.5 Å². The minimum absolute atomic E-state index is 0. The van der Waals surface area contributed by atoms with Gasteiger partial charge in [0.15, 0.2) is 11.5 Å². The van der Waals surface area contributed by atoms with Gasteiger partial charge in [-0.05, 0) is 60.9 Å². The summed E-state index contributed by atoms with van der Waals surface area (Å²) in [5, 5.41) is 23.8. The van der Waals surface area contributed by atoms with Gasteiger partial charge in [0.1, 0.15) is 11.4 Å². The van der Waals surface area contributed by atoms with E-state index in [4.69, 9.17) is 0 Å². The Hall–Kier alpha value is -3.00. The van der Waals surface area contributed by atoms with Crippen LogP contribution in [-0.4, -0.2) is 46.7 Å². The molecule has 0 atom stereocenters. The van der Waals surface area contributed by atoms with Gasteiger partial charge in [0.25, 0.3) is 26.1 Å². The van der Waals surface area contributed by atoms with E-state index in [0.29, 0.717) is 23.9 Å². The van der Waals surface area contributed by atoms with Crippen molar-refractivity contribution in [3.63, 3.8) is 0 Å². The van der Waals surface area contributed by atoms with E-state index in [9.17, 15) is 40.6 Å². The molecular weight excluding hydrogens is 762 g/mol. The summed E-state index contributed by atoms with van der Waals surface area (Å²) in [6.45, 7) is 2.24. The van der Waals surface area contributed by atoms with Gasteiger partial charge in [-0.3, -0.25) is 23.8 Å². The number of hydrogen-bond donors (Lipinski definition) is 5. The third-order valence-corrected chi connectivity index (χ3v) is 10.4. The van der Waals surface area contributed by atoms with Crippen molar-refractivity contribution in [1.82, 2.24) is 9.78 Å². The molecule has 1 aromatic heterocycles. The van der Waals surface area contributed by atoms with Crippen LogP contribution >= 0.6 is 0 Å². The minimum Gasteiger partial charge on any atom is -0.506 e. The molecule has 0 aliphatic heterocycles. The number of H-pyrrole nitrogens is 1. The third-order valence-electron chi connectivity index (χ3n) is 8.72. The number of aromatic hydroxyl groups is 1. The van der Waals surface area contributed by atoms with Gasteiger partial charge in [-0.1, -0.05) is 108 Å². The molecule has 0 spiro atoms. The summed E-state index contributed by atoms with van der Waals surface area (Å²) in [6.07, 6.45) is 17.1. The Bertz CT molecular complexity index is 2100. The van der Waals surface area contributed by atoms with Gasteiger partial charge in [-0.15, -0.1) is 10.2 Å². The van der Waals surface area contributed by atoms with Crippen molar-refractivity contribution in [2.45, 2.75) is 107 Å². The van der Waals surface area contributed by atoms with Crippen molar-refractivity contribution < 1.29 is 87.2 Å². The van der Waals surface area contributed by atoms with E-state index in [1.54, 1.807) is 42.5 Å². The third kappa shape index (κ3) is 13.9. The number of hydrogen-bond acceptors (Lipinski definition) is 9. The van der Waals surface area contributed by atoms with Crippen LogP contribution < -0.4 is 62.3 Å². The van der Waals surface area contributed by atoms with Gasteiger partial charge < -0.3 is 10.4 Å². The number of anilines is 1. The molecule has 286 valence electrons.